The van der Waals surface area contributed by atoms with Crippen molar-refractivity contribution >= 4 is 20.2 Å². The predicted octanol–water partition coefficient (Wildman–Crippen LogP) is 4.76. The first kappa shape index (κ1) is 36.8. The van der Waals surface area contributed by atoms with Crippen molar-refractivity contribution in [3.05, 3.63) is 47.6 Å². The molecule has 2 aliphatic carbocycles. The fourth-order valence-electron chi connectivity index (χ4n) is 1.64. The Morgan fingerprint density at radius 2 is 0.939 bits per heavy atom. The first-order chi connectivity index (χ1) is 14.1. The summed E-state index contributed by atoms with van der Waals surface area (Å²) in [4.78, 5) is 0. The molecular weight excluding hydrogens is 582 g/mol. The number of allylic oxidation sites excluding steroid dienone is 8. The fourth-order valence-corrected chi connectivity index (χ4v) is 1.64. The average molecular weight is 604 g/mol. The van der Waals surface area contributed by atoms with Crippen molar-refractivity contribution in [2.75, 3.05) is 0 Å². The number of halogens is 6. The van der Waals surface area contributed by atoms with Crippen LogP contribution in [0.25, 0.3) is 0 Å². The average Bonchev–Trinajstić information content (AvgIpc) is 3.27. The van der Waals surface area contributed by atoms with Gasteiger partial charge in [-0.05, 0) is 0 Å². The molecule has 0 N–H and O–H groups in total. The van der Waals surface area contributed by atoms with Gasteiger partial charge in [-0.1, -0.05) is 39.5 Å². The maximum atomic E-state index is 10.7. The minimum absolute atomic E-state index is 0. The summed E-state index contributed by atoms with van der Waals surface area (Å²) in [5.74, 6) is 1.32. The number of hydrogen-bond donors (Lipinski definition) is 0. The molecule has 2 aliphatic rings. The molecule has 2 rings (SSSR count). The molecule has 0 radical (unpaired) electrons. The van der Waals surface area contributed by atoms with Gasteiger partial charge < -0.3 is 9.11 Å². The summed E-state index contributed by atoms with van der Waals surface area (Å²) in [6.07, 6.45) is 17.2. The molecule has 0 spiro atoms. The van der Waals surface area contributed by atoms with E-state index >= 15 is 0 Å². The molecule has 6 nitrogen and oxygen atoms in total. The molecule has 0 unspecified atom stereocenters. The van der Waals surface area contributed by atoms with Crippen molar-refractivity contribution in [3.8, 4) is 0 Å². The van der Waals surface area contributed by atoms with Crippen LogP contribution in [0.4, 0.5) is 26.3 Å². The smallest absolute Gasteiger partial charge is 0.741 e. The van der Waals surface area contributed by atoms with E-state index < -0.39 is 31.3 Å². The Morgan fingerprint density at radius 1 is 0.727 bits per heavy atom. The summed E-state index contributed by atoms with van der Waals surface area (Å²) in [7, 11) is -12.2. The van der Waals surface area contributed by atoms with Crippen molar-refractivity contribution < 1.29 is 78.5 Å². The largest absolute Gasteiger partial charge is 4.00 e. The third kappa shape index (κ3) is 17.3. The first-order valence-corrected chi connectivity index (χ1v) is 11.5. The van der Waals surface area contributed by atoms with Crippen LogP contribution in [0.3, 0.4) is 0 Å². The van der Waals surface area contributed by atoms with Crippen LogP contribution >= 0.6 is 0 Å². The Morgan fingerprint density at radius 3 is 1.00 bits per heavy atom. The SMILES string of the molecule is CC(C)C1=[C-]CC=C1.CC(C)C1=[C-]CC=C1.O=S(=O)([O-])C(F)(F)F.O=S(=O)([O-])C(F)(F)F.[Zr+4]. The second-order valence-electron chi connectivity index (χ2n) is 6.59. The van der Waals surface area contributed by atoms with Gasteiger partial charge in [0.05, 0.1) is 0 Å². The van der Waals surface area contributed by atoms with E-state index in [0.717, 1.165) is 12.8 Å². The molecule has 0 atom stereocenters. The Labute approximate surface area is 209 Å². The molecule has 0 saturated heterocycles. The van der Waals surface area contributed by atoms with Crippen molar-refractivity contribution in [1.82, 2.24) is 0 Å². The molecule has 0 amide bonds. The Bertz CT molecular complexity index is 837. The van der Waals surface area contributed by atoms with Crippen molar-refractivity contribution in [2.45, 2.75) is 51.6 Å². The van der Waals surface area contributed by atoms with Gasteiger partial charge in [0, 0.05) is 0 Å². The second-order valence-corrected chi connectivity index (χ2v) is 9.33. The van der Waals surface area contributed by atoms with Crippen LogP contribution < -0.4 is 0 Å². The van der Waals surface area contributed by atoms with Crippen LogP contribution in [0.5, 0.6) is 0 Å². The topological polar surface area (TPSA) is 114 Å². The summed E-state index contributed by atoms with van der Waals surface area (Å²) in [6, 6.07) is 0. The maximum Gasteiger partial charge on any atom is 4.00 e. The van der Waals surface area contributed by atoms with Gasteiger partial charge in [-0.2, -0.15) is 38.5 Å². The molecule has 0 aromatic heterocycles. The Hall–Kier alpha value is -0.757. The van der Waals surface area contributed by atoms with Crippen LogP contribution in [-0.4, -0.2) is 37.0 Å². The van der Waals surface area contributed by atoms with Crippen LogP contribution in [0.1, 0.15) is 40.5 Å². The predicted molar refractivity (Wildman–Crippen MR) is 102 cm³/mol. The van der Waals surface area contributed by atoms with E-state index in [2.05, 4.69) is 64.2 Å². The molecule has 15 heteroatoms. The van der Waals surface area contributed by atoms with E-state index in [1.54, 1.807) is 0 Å². The van der Waals surface area contributed by atoms with Gasteiger partial charge in [0.15, 0.2) is 20.2 Å². The summed E-state index contributed by atoms with van der Waals surface area (Å²) in [5, 5.41) is 0. The summed E-state index contributed by atoms with van der Waals surface area (Å²) in [6.45, 7) is 8.77. The molecule has 0 heterocycles. The standard InChI is InChI=1S/2C8H11.2CHF3O3S.Zr/c2*1-7(2)8-5-3-4-6-8;2*2-1(3,4)8(5,6)7;/h2*3,5,7H,4H2,1-2H3;2*(H,5,6,7);/q2*-1;;;+4/p-2. The van der Waals surface area contributed by atoms with Crippen LogP contribution in [0.15, 0.2) is 35.5 Å². The molecule has 0 aromatic rings. The second kappa shape index (κ2) is 15.3. The fraction of sp³-hybridized carbons (Fsp3) is 0.556. The number of alkyl halides is 6. The molecule has 0 fully saturated rings. The molecule has 0 aromatic carbocycles. The van der Waals surface area contributed by atoms with E-state index in [-0.39, 0.29) is 26.2 Å². The van der Waals surface area contributed by atoms with Gasteiger partial charge >= 0.3 is 37.2 Å². The van der Waals surface area contributed by atoms with Crippen LogP contribution in [0.2, 0.25) is 0 Å². The molecule has 0 saturated carbocycles. The van der Waals surface area contributed by atoms with Gasteiger partial charge in [-0.25, -0.2) is 40.1 Å². The zero-order chi connectivity index (χ0) is 26.0. The van der Waals surface area contributed by atoms with E-state index in [9.17, 15) is 26.3 Å². The molecular formula is C18H22F6O6S2Zr. The molecule has 0 aliphatic heterocycles. The van der Waals surface area contributed by atoms with E-state index in [1.807, 2.05) is 0 Å². The summed E-state index contributed by atoms with van der Waals surface area (Å²) >= 11 is 0. The number of hydrogen-bond acceptors (Lipinski definition) is 6. The van der Waals surface area contributed by atoms with Gasteiger partial charge in [-0.3, -0.25) is 12.2 Å². The quantitative estimate of drug-likeness (QED) is 0.195. The van der Waals surface area contributed by atoms with Crippen LogP contribution in [0, 0.1) is 24.0 Å². The van der Waals surface area contributed by atoms with Gasteiger partial charge in [0.1, 0.15) is 0 Å². The third-order valence-electron chi connectivity index (χ3n) is 3.25. The van der Waals surface area contributed by atoms with Crippen molar-refractivity contribution in [2.24, 2.45) is 11.8 Å². The minimum Gasteiger partial charge on any atom is -0.741 e. The Balaban J connectivity index is -0.000000360. The van der Waals surface area contributed by atoms with Crippen molar-refractivity contribution in [3.63, 3.8) is 0 Å². The first-order valence-electron chi connectivity index (χ1n) is 8.70. The zero-order valence-corrected chi connectivity index (χ0v) is 22.0. The zero-order valence-electron chi connectivity index (χ0n) is 17.9. The van der Waals surface area contributed by atoms with Gasteiger partial charge in [-0.15, -0.1) is 12.8 Å². The van der Waals surface area contributed by atoms with Gasteiger partial charge in [0.25, 0.3) is 0 Å². The minimum atomic E-state index is -6.09. The number of rotatable bonds is 2. The summed E-state index contributed by atoms with van der Waals surface area (Å²) in [5.41, 5.74) is -8.56. The van der Waals surface area contributed by atoms with Crippen molar-refractivity contribution in [1.29, 1.82) is 0 Å². The molecule has 33 heavy (non-hydrogen) atoms. The van der Waals surface area contributed by atoms with E-state index in [4.69, 9.17) is 25.9 Å². The third-order valence-corrected chi connectivity index (χ3v) is 4.39. The van der Waals surface area contributed by atoms with E-state index in [1.165, 1.54) is 11.1 Å². The normalized spacial score (nSPS) is 15.3. The van der Waals surface area contributed by atoms with E-state index in [0.29, 0.717) is 11.8 Å². The van der Waals surface area contributed by atoms with Crippen LogP contribution in [-0.2, 0) is 46.4 Å². The molecule has 0 bridgehead atoms. The Kier molecular flexibility index (Phi) is 17.0. The summed E-state index contributed by atoms with van der Waals surface area (Å²) < 4.78 is 118. The maximum absolute atomic E-state index is 10.7. The monoisotopic (exact) mass is 602 g/mol. The van der Waals surface area contributed by atoms with Gasteiger partial charge in [0.2, 0.25) is 0 Å². The molecule has 188 valence electrons.